The van der Waals surface area contributed by atoms with Gasteiger partial charge in [0.1, 0.15) is 5.69 Å². The minimum atomic E-state index is -0.945. The third-order valence-electron chi connectivity index (χ3n) is 4.80. The standard InChI is InChI=1S/C22H20F2N4O/c23-19-8-5-16(13-20(19)24)26-17-9-10-25-21(14-17)22(29)27-15-3-6-18(7-4-15)28-11-1-2-12-28/h3-10,13-14H,1-2,11-12H2,(H,25,26)(H,27,29). The Balaban J connectivity index is 1.43. The van der Waals surface area contributed by atoms with Gasteiger partial charge >= 0.3 is 0 Å². The zero-order chi connectivity index (χ0) is 20.2. The second-order valence-electron chi connectivity index (χ2n) is 6.88. The lowest BCUT2D eigenvalue weighted by Gasteiger charge is -2.17. The van der Waals surface area contributed by atoms with Gasteiger partial charge in [-0.15, -0.1) is 0 Å². The van der Waals surface area contributed by atoms with Gasteiger partial charge in [0.25, 0.3) is 5.91 Å². The number of aromatic nitrogens is 1. The van der Waals surface area contributed by atoms with Gasteiger partial charge in [-0.2, -0.15) is 0 Å². The van der Waals surface area contributed by atoms with Crippen molar-refractivity contribution < 1.29 is 13.6 Å². The smallest absolute Gasteiger partial charge is 0.274 e. The fourth-order valence-electron chi connectivity index (χ4n) is 3.30. The van der Waals surface area contributed by atoms with Gasteiger partial charge in [0, 0.05) is 48.1 Å². The van der Waals surface area contributed by atoms with E-state index in [1.54, 1.807) is 12.1 Å². The molecule has 0 radical (unpaired) electrons. The van der Waals surface area contributed by atoms with Crippen LogP contribution in [0.15, 0.2) is 60.8 Å². The van der Waals surface area contributed by atoms with Crippen LogP contribution in [-0.4, -0.2) is 24.0 Å². The van der Waals surface area contributed by atoms with Crippen molar-refractivity contribution in [3.8, 4) is 0 Å². The lowest BCUT2D eigenvalue weighted by molar-refractivity contribution is 0.102. The number of pyridine rings is 1. The summed E-state index contributed by atoms with van der Waals surface area (Å²) in [7, 11) is 0. The van der Waals surface area contributed by atoms with Crippen molar-refractivity contribution in [2.45, 2.75) is 12.8 Å². The molecule has 0 saturated carbocycles. The van der Waals surface area contributed by atoms with Crippen molar-refractivity contribution in [2.24, 2.45) is 0 Å². The minimum absolute atomic E-state index is 0.209. The number of nitrogens with one attached hydrogen (secondary N) is 2. The van der Waals surface area contributed by atoms with Crippen molar-refractivity contribution in [2.75, 3.05) is 28.6 Å². The van der Waals surface area contributed by atoms with E-state index < -0.39 is 11.6 Å². The van der Waals surface area contributed by atoms with Crippen LogP contribution in [0.5, 0.6) is 0 Å². The van der Waals surface area contributed by atoms with Crippen LogP contribution in [-0.2, 0) is 0 Å². The summed E-state index contributed by atoms with van der Waals surface area (Å²) in [5, 5.41) is 5.76. The molecule has 1 saturated heterocycles. The van der Waals surface area contributed by atoms with E-state index in [0.717, 1.165) is 30.9 Å². The normalized spacial score (nSPS) is 13.4. The molecule has 29 heavy (non-hydrogen) atoms. The van der Waals surface area contributed by atoms with E-state index in [9.17, 15) is 13.6 Å². The Morgan fingerprint density at radius 1 is 0.862 bits per heavy atom. The molecule has 1 fully saturated rings. The quantitative estimate of drug-likeness (QED) is 0.643. The maximum Gasteiger partial charge on any atom is 0.274 e. The molecule has 0 unspecified atom stereocenters. The fourth-order valence-corrected chi connectivity index (χ4v) is 3.30. The Kier molecular flexibility index (Phi) is 5.37. The monoisotopic (exact) mass is 394 g/mol. The summed E-state index contributed by atoms with van der Waals surface area (Å²) in [4.78, 5) is 19.0. The Morgan fingerprint density at radius 3 is 2.28 bits per heavy atom. The summed E-state index contributed by atoms with van der Waals surface area (Å²) in [6.45, 7) is 2.13. The molecule has 2 N–H and O–H groups in total. The zero-order valence-corrected chi connectivity index (χ0v) is 15.7. The SMILES string of the molecule is O=C(Nc1ccc(N2CCCC2)cc1)c1cc(Nc2ccc(F)c(F)c2)ccn1. The fraction of sp³-hybridized carbons (Fsp3) is 0.182. The highest BCUT2D eigenvalue weighted by atomic mass is 19.2. The number of rotatable bonds is 5. The highest BCUT2D eigenvalue weighted by molar-refractivity contribution is 6.03. The molecule has 0 aliphatic carbocycles. The zero-order valence-electron chi connectivity index (χ0n) is 15.7. The summed E-state index contributed by atoms with van der Waals surface area (Å²) in [5.41, 5.74) is 2.95. The van der Waals surface area contributed by atoms with Gasteiger partial charge in [0.05, 0.1) is 0 Å². The van der Waals surface area contributed by atoms with Crippen LogP contribution in [0.2, 0.25) is 0 Å². The average Bonchev–Trinajstić information content (AvgIpc) is 3.26. The van der Waals surface area contributed by atoms with Crippen LogP contribution in [0.1, 0.15) is 23.3 Å². The van der Waals surface area contributed by atoms with E-state index in [1.165, 1.54) is 25.1 Å². The third-order valence-corrected chi connectivity index (χ3v) is 4.80. The van der Waals surface area contributed by atoms with Crippen LogP contribution < -0.4 is 15.5 Å². The molecule has 3 aromatic rings. The largest absolute Gasteiger partial charge is 0.372 e. The number of carbonyl (C=O) groups is 1. The van der Waals surface area contributed by atoms with E-state index in [4.69, 9.17) is 0 Å². The molecule has 0 bridgehead atoms. The predicted molar refractivity (Wildman–Crippen MR) is 110 cm³/mol. The van der Waals surface area contributed by atoms with Crippen LogP contribution in [0, 0.1) is 11.6 Å². The van der Waals surface area contributed by atoms with Crippen molar-refractivity contribution in [1.29, 1.82) is 0 Å². The number of hydrogen-bond acceptors (Lipinski definition) is 4. The van der Waals surface area contributed by atoms with Crippen LogP contribution >= 0.6 is 0 Å². The van der Waals surface area contributed by atoms with Crippen molar-refractivity contribution >= 4 is 28.7 Å². The number of anilines is 4. The molecular formula is C22H20F2N4O. The lowest BCUT2D eigenvalue weighted by atomic mass is 10.2. The van der Waals surface area contributed by atoms with Crippen LogP contribution in [0.4, 0.5) is 31.5 Å². The highest BCUT2D eigenvalue weighted by Gasteiger charge is 2.13. The molecule has 1 aliphatic heterocycles. The average molecular weight is 394 g/mol. The van der Waals surface area contributed by atoms with E-state index in [2.05, 4.69) is 20.5 Å². The number of hydrogen-bond donors (Lipinski definition) is 2. The number of halogens is 2. The maximum absolute atomic E-state index is 13.4. The summed E-state index contributed by atoms with van der Waals surface area (Å²) in [6.07, 6.45) is 3.89. The highest BCUT2D eigenvalue weighted by Crippen LogP contribution is 2.23. The molecule has 1 amide bonds. The van der Waals surface area contributed by atoms with Crippen molar-refractivity contribution in [3.05, 3.63) is 78.1 Å². The van der Waals surface area contributed by atoms with Gasteiger partial charge in [-0.3, -0.25) is 9.78 Å². The first-order valence-corrected chi connectivity index (χ1v) is 9.43. The van der Waals surface area contributed by atoms with E-state index >= 15 is 0 Å². The number of benzene rings is 2. The maximum atomic E-state index is 13.4. The first-order valence-electron chi connectivity index (χ1n) is 9.43. The predicted octanol–water partition coefficient (Wildman–Crippen LogP) is 4.96. The van der Waals surface area contributed by atoms with Gasteiger partial charge in [-0.05, 0) is 61.4 Å². The molecule has 5 nitrogen and oxygen atoms in total. The van der Waals surface area contributed by atoms with Gasteiger partial charge in [-0.25, -0.2) is 8.78 Å². The van der Waals surface area contributed by atoms with Gasteiger partial charge in [0.2, 0.25) is 0 Å². The third kappa shape index (κ3) is 4.51. The van der Waals surface area contributed by atoms with E-state index in [-0.39, 0.29) is 11.6 Å². The van der Waals surface area contributed by atoms with Gasteiger partial charge in [0.15, 0.2) is 11.6 Å². The topological polar surface area (TPSA) is 57.3 Å². The van der Waals surface area contributed by atoms with Gasteiger partial charge < -0.3 is 15.5 Å². The Labute approximate surface area is 167 Å². The lowest BCUT2D eigenvalue weighted by Crippen LogP contribution is -2.17. The molecule has 148 valence electrons. The second kappa shape index (κ2) is 8.26. The summed E-state index contributed by atoms with van der Waals surface area (Å²) >= 11 is 0. The number of amides is 1. The Hall–Kier alpha value is -3.48. The molecule has 4 rings (SSSR count). The van der Waals surface area contributed by atoms with E-state index in [0.29, 0.717) is 17.1 Å². The molecule has 1 aromatic heterocycles. The Morgan fingerprint density at radius 2 is 1.55 bits per heavy atom. The first kappa shape index (κ1) is 18.9. The summed E-state index contributed by atoms with van der Waals surface area (Å²) in [5.74, 6) is -2.21. The molecule has 2 heterocycles. The molecule has 0 atom stereocenters. The minimum Gasteiger partial charge on any atom is -0.372 e. The van der Waals surface area contributed by atoms with Gasteiger partial charge in [-0.1, -0.05) is 0 Å². The number of nitrogens with zero attached hydrogens (tertiary/aromatic N) is 2. The van der Waals surface area contributed by atoms with Crippen LogP contribution in [0.25, 0.3) is 0 Å². The Bertz CT molecular complexity index is 1020. The molecule has 0 spiro atoms. The van der Waals surface area contributed by atoms with Crippen molar-refractivity contribution in [3.63, 3.8) is 0 Å². The molecule has 7 heteroatoms. The molecule has 2 aromatic carbocycles. The molecule has 1 aliphatic rings. The summed E-state index contributed by atoms with van der Waals surface area (Å²) in [6, 6.07) is 14.4. The van der Waals surface area contributed by atoms with Crippen LogP contribution in [0.3, 0.4) is 0 Å². The second-order valence-corrected chi connectivity index (χ2v) is 6.88. The summed E-state index contributed by atoms with van der Waals surface area (Å²) < 4.78 is 26.4. The first-order chi connectivity index (χ1) is 14.1. The van der Waals surface area contributed by atoms with Crippen molar-refractivity contribution in [1.82, 2.24) is 4.98 Å². The van der Waals surface area contributed by atoms with E-state index in [1.807, 2.05) is 24.3 Å². The number of carbonyl (C=O) groups excluding carboxylic acids is 1. The molecular weight excluding hydrogens is 374 g/mol.